The van der Waals surface area contributed by atoms with Crippen LogP contribution in [0, 0.1) is 5.41 Å². The average molecular weight is 348 g/mol. The van der Waals surface area contributed by atoms with E-state index >= 15 is 0 Å². The predicted octanol–water partition coefficient (Wildman–Crippen LogP) is 4.78. The highest BCUT2D eigenvalue weighted by molar-refractivity contribution is 5.80. The van der Waals surface area contributed by atoms with Crippen LogP contribution in [0.5, 0.6) is 0 Å². The Balaban J connectivity index is 5.47. The van der Waals surface area contributed by atoms with E-state index in [0.29, 0.717) is 19.3 Å². The normalized spacial score (nSPS) is 14.1. The van der Waals surface area contributed by atoms with E-state index in [2.05, 4.69) is 4.74 Å². The van der Waals surface area contributed by atoms with Crippen LogP contribution < -0.4 is 0 Å². The van der Waals surface area contributed by atoms with Crippen LogP contribution in [0.25, 0.3) is 0 Å². The molecule has 0 aliphatic rings. The monoisotopic (exact) mass is 348 g/mol. The van der Waals surface area contributed by atoms with Crippen molar-refractivity contribution in [3.8, 4) is 0 Å². The summed E-state index contributed by atoms with van der Waals surface area (Å²) in [5.41, 5.74) is -6.54. The van der Waals surface area contributed by atoms with Gasteiger partial charge in [0, 0.05) is 0 Å². The van der Waals surface area contributed by atoms with Crippen LogP contribution in [0.4, 0.5) is 39.5 Å². The quantitative estimate of drug-likeness (QED) is 0.392. The summed E-state index contributed by atoms with van der Waals surface area (Å²) >= 11 is 0. The van der Waals surface area contributed by atoms with E-state index in [0.717, 1.165) is 0 Å². The molecule has 132 valence electrons. The van der Waals surface area contributed by atoms with Gasteiger partial charge in [-0.25, -0.2) is 0 Å². The molecular formula is C11H13F9O2. The van der Waals surface area contributed by atoms with Crippen LogP contribution >= 0.6 is 0 Å². The first kappa shape index (κ1) is 20.8. The number of carbonyl (C=O) groups excluding carboxylic acids is 1. The van der Waals surface area contributed by atoms with Crippen molar-refractivity contribution in [2.75, 3.05) is 6.61 Å². The Hall–Kier alpha value is -1.16. The van der Waals surface area contributed by atoms with Crippen LogP contribution in [-0.4, -0.2) is 31.1 Å². The number of esters is 1. The lowest BCUT2D eigenvalue weighted by molar-refractivity contribution is -0.412. The Morgan fingerprint density at radius 3 is 1.50 bits per heavy atom. The van der Waals surface area contributed by atoms with Crippen LogP contribution in [-0.2, 0) is 9.53 Å². The molecule has 0 heterocycles. The topological polar surface area (TPSA) is 26.3 Å². The molecule has 0 rings (SSSR count). The standard InChI is InChI=1S/C11H13F9O2/c1-2-3-4-5-6-22-7(21)8(9(12,13)14,10(15,16)17)11(18,19)20/h2-6H2,1H3. The maximum Gasteiger partial charge on any atom is 0.422 e. The molecule has 0 aliphatic carbocycles. The second kappa shape index (κ2) is 6.95. The first-order valence-electron chi connectivity index (χ1n) is 6.10. The largest absolute Gasteiger partial charge is 0.465 e. The summed E-state index contributed by atoms with van der Waals surface area (Å²) in [5, 5.41) is 0. The second-order valence-corrected chi connectivity index (χ2v) is 4.44. The van der Waals surface area contributed by atoms with E-state index in [4.69, 9.17) is 0 Å². The zero-order chi connectivity index (χ0) is 17.8. The highest BCUT2D eigenvalue weighted by Gasteiger charge is 2.89. The molecule has 0 aliphatic heterocycles. The molecule has 11 heteroatoms. The fourth-order valence-corrected chi connectivity index (χ4v) is 1.63. The predicted molar refractivity (Wildman–Crippen MR) is 55.7 cm³/mol. The Bertz CT molecular complexity index is 331. The molecule has 0 aromatic heterocycles. The average Bonchev–Trinajstić information content (AvgIpc) is 2.22. The number of unbranched alkanes of at least 4 members (excludes halogenated alkanes) is 3. The van der Waals surface area contributed by atoms with Gasteiger partial charge in [-0.15, -0.1) is 0 Å². The summed E-state index contributed by atoms with van der Waals surface area (Å²) in [6.45, 7) is 0.789. The van der Waals surface area contributed by atoms with E-state index in [-0.39, 0.29) is 6.42 Å². The number of hydrogen-bond acceptors (Lipinski definition) is 2. The molecule has 0 N–H and O–H groups in total. The summed E-state index contributed by atoms with van der Waals surface area (Å²) < 4.78 is 116. The lowest BCUT2D eigenvalue weighted by atomic mass is 9.85. The summed E-state index contributed by atoms with van der Waals surface area (Å²) in [6.07, 6.45) is -19.4. The van der Waals surface area contributed by atoms with Gasteiger partial charge in [-0.2, -0.15) is 39.5 Å². The fourth-order valence-electron chi connectivity index (χ4n) is 1.63. The van der Waals surface area contributed by atoms with Gasteiger partial charge >= 0.3 is 29.9 Å². The summed E-state index contributed by atoms with van der Waals surface area (Å²) in [4.78, 5) is 11.1. The molecule has 22 heavy (non-hydrogen) atoms. The Labute approximate surface area is 119 Å². The van der Waals surface area contributed by atoms with Gasteiger partial charge in [0.25, 0.3) is 0 Å². The number of alkyl halides is 9. The van der Waals surface area contributed by atoms with Gasteiger partial charge in [-0.1, -0.05) is 26.2 Å². The zero-order valence-corrected chi connectivity index (χ0v) is 11.3. The molecule has 0 saturated heterocycles. The summed E-state index contributed by atoms with van der Waals surface area (Å²) in [6, 6.07) is 0. The zero-order valence-electron chi connectivity index (χ0n) is 11.3. The van der Waals surface area contributed by atoms with E-state index in [1.807, 2.05) is 0 Å². The summed E-state index contributed by atoms with van der Waals surface area (Å²) in [5.74, 6) is -3.41. The minimum atomic E-state index is -6.93. The highest BCUT2D eigenvalue weighted by atomic mass is 19.4. The molecule has 0 radical (unpaired) electrons. The minimum Gasteiger partial charge on any atom is -0.465 e. The Morgan fingerprint density at radius 2 is 1.18 bits per heavy atom. The third-order valence-corrected chi connectivity index (χ3v) is 2.81. The van der Waals surface area contributed by atoms with Crippen molar-refractivity contribution in [2.45, 2.75) is 51.1 Å². The second-order valence-electron chi connectivity index (χ2n) is 4.44. The highest BCUT2D eigenvalue weighted by Crippen LogP contribution is 2.59. The number of carbonyl (C=O) groups is 1. The van der Waals surface area contributed by atoms with Gasteiger partial charge in [0.1, 0.15) is 0 Å². The van der Waals surface area contributed by atoms with Crippen molar-refractivity contribution >= 4 is 5.97 Å². The maximum absolute atomic E-state index is 12.5. The van der Waals surface area contributed by atoms with Crippen molar-refractivity contribution in [1.29, 1.82) is 0 Å². The first-order chi connectivity index (χ1) is 9.73. The SMILES string of the molecule is CCCCCCOC(=O)C(C(F)(F)F)(C(F)(F)F)C(F)(F)F. The van der Waals surface area contributed by atoms with E-state index in [1.54, 1.807) is 6.92 Å². The van der Waals surface area contributed by atoms with Crippen molar-refractivity contribution in [2.24, 2.45) is 5.41 Å². The first-order valence-corrected chi connectivity index (χ1v) is 6.10. The lowest BCUT2D eigenvalue weighted by Crippen LogP contribution is -2.64. The summed E-state index contributed by atoms with van der Waals surface area (Å²) in [7, 11) is 0. The number of halogens is 9. The molecule has 0 saturated carbocycles. The van der Waals surface area contributed by atoms with Crippen molar-refractivity contribution in [3.05, 3.63) is 0 Å². The van der Waals surface area contributed by atoms with Gasteiger partial charge in [-0.05, 0) is 6.42 Å². The minimum absolute atomic E-state index is 0.136. The molecule has 0 aromatic rings. The molecule has 0 fully saturated rings. The van der Waals surface area contributed by atoms with E-state index < -0.39 is 36.5 Å². The van der Waals surface area contributed by atoms with E-state index in [1.165, 1.54) is 0 Å². The molecule has 0 unspecified atom stereocenters. The van der Waals surface area contributed by atoms with Gasteiger partial charge < -0.3 is 4.74 Å². The number of hydrogen-bond donors (Lipinski definition) is 0. The van der Waals surface area contributed by atoms with Gasteiger partial charge in [0.2, 0.25) is 0 Å². The van der Waals surface area contributed by atoms with Crippen molar-refractivity contribution in [1.82, 2.24) is 0 Å². The van der Waals surface area contributed by atoms with Gasteiger partial charge in [-0.3, -0.25) is 4.79 Å². The molecule has 0 spiro atoms. The molecule has 0 aromatic carbocycles. The van der Waals surface area contributed by atoms with Crippen LogP contribution in [0.2, 0.25) is 0 Å². The third kappa shape index (κ3) is 3.97. The number of ether oxygens (including phenoxy) is 1. The molecular weight excluding hydrogens is 335 g/mol. The van der Waals surface area contributed by atoms with Gasteiger partial charge in [0.15, 0.2) is 0 Å². The maximum atomic E-state index is 12.5. The van der Waals surface area contributed by atoms with Crippen molar-refractivity contribution < 1.29 is 49.0 Å². The van der Waals surface area contributed by atoms with Crippen LogP contribution in [0.3, 0.4) is 0 Å². The van der Waals surface area contributed by atoms with E-state index in [9.17, 15) is 44.3 Å². The van der Waals surface area contributed by atoms with Gasteiger partial charge in [0.05, 0.1) is 6.61 Å². The number of rotatable bonds is 6. The molecule has 0 atom stereocenters. The molecule has 0 amide bonds. The van der Waals surface area contributed by atoms with Crippen LogP contribution in [0.1, 0.15) is 32.6 Å². The smallest absolute Gasteiger partial charge is 0.422 e. The third-order valence-electron chi connectivity index (χ3n) is 2.81. The Morgan fingerprint density at radius 1 is 0.773 bits per heavy atom. The fraction of sp³-hybridized carbons (Fsp3) is 0.909. The lowest BCUT2D eigenvalue weighted by Gasteiger charge is -2.36. The van der Waals surface area contributed by atoms with Crippen molar-refractivity contribution in [3.63, 3.8) is 0 Å². The molecule has 0 bridgehead atoms. The Kier molecular flexibility index (Phi) is 6.58. The van der Waals surface area contributed by atoms with Crippen LogP contribution in [0.15, 0.2) is 0 Å². The molecule has 2 nitrogen and oxygen atoms in total.